The maximum absolute atomic E-state index is 13.1. The molecule has 0 radical (unpaired) electrons. The number of carbonyl (C=O) groups is 1. The molecule has 1 heterocycles. The Balaban J connectivity index is 0.00000208. The predicted molar refractivity (Wildman–Crippen MR) is 98.1 cm³/mol. The van der Waals surface area contributed by atoms with Crippen LogP contribution in [0.1, 0.15) is 17.2 Å². The number of amides is 1. The van der Waals surface area contributed by atoms with Gasteiger partial charge in [0.25, 0.3) is 0 Å². The van der Waals surface area contributed by atoms with Crippen molar-refractivity contribution in [2.24, 2.45) is 0 Å². The quantitative estimate of drug-likeness (QED) is 0.795. The van der Waals surface area contributed by atoms with Crippen LogP contribution >= 0.6 is 24.2 Å². The second-order valence-corrected chi connectivity index (χ2v) is 6.74. The molecular formula is C18H20ClFN2OS. The van der Waals surface area contributed by atoms with Crippen LogP contribution in [0.25, 0.3) is 0 Å². The Morgan fingerprint density at radius 2 is 1.88 bits per heavy atom. The first-order chi connectivity index (χ1) is 11.2. The van der Waals surface area contributed by atoms with Crippen molar-refractivity contribution in [2.45, 2.75) is 22.6 Å². The summed E-state index contributed by atoms with van der Waals surface area (Å²) in [4.78, 5) is 13.6. The van der Waals surface area contributed by atoms with Gasteiger partial charge in [0, 0.05) is 17.5 Å². The van der Waals surface area contributed by atoms with Crippen molar-refractivity contribution in [3.05, 3.63) is 66.0 Å². The van der Waals surface area contributed by atoms with Crippen LogP contribution < -0.4 is 10.6 Å². The van der Waals surface area contributed by atoms with Crippen molar-refractivity contribution in [2.75, 3.05) is 13.1 Å². The molecule has 2 N–H and O–H groups in total. The summed E-state index contributed by atoms with van der Waals surface area (Å²) in [7, 11) is 0. The summed E-state index contributed by atoms with van der Waals surface area (Å²) in [5, 5.41) is 6.02. The summed E-state index contributed by atoms with van der Waals surface area (Å²) < 4.78 is 13.1. The third-order valence-electron chi connectivity index (χ3n) is 3.81. The fourth-order valence-electron chi connectivity index (χ4n) is 2.60. The van der Waals surface area contributed by atoms with Gasteiger partial charge in [-0.15, -0.1) is 24.2 Å². The molecule has 6 heteroatoms. The molecule has 3 rings (SSSR count). The van der Waals surface area contributed by atoms with Gasteiger partial charge in [0.2, 0.25) is 5.91 Å². The molecule has 128 valence electrons. The van der Waals surface area contributed by atoms with Gasteiger partial charge in [0.1, 0.15) is 11.1 Å². The normalized spacial score (nSPS) is 17.8. The summed E-state index contributed by atoms with van der Waals surface area (Å²) in [6, 6.07) is 16.1. The Morgan fingerprint density at radius 1 is 1.17 bits per heavy atom. The van der Waals surface area contributed by atoms with Crippen LogP contribution in [0, 0.1) is 5.82 Å². The summed E-state index contributed by atoms with van der Waals surface area (Å²) >= 11 is 1.44. The Kier molecular flexibility index (Phi) is 7.09. The van der Waals surface area contributed by atoms with Gasteiger partial charge in [-0.1, -0.05) is 30.3 Å². The molecule has 1 saturated heterocycles. The SMILES string of the molecule is Cl.O=C(NC1CCNC1)C(Sc1ccc(F)cc1)c1ccccc1. The van der Waals surface area contributed by atoms with Crippen molar-refractivity contribution < 1.29 is 9.18 Å². The average molecular weight is 367 g/mol. The van der Waals surface area contributed by atoms with Gasteiger partial charge in [-0.2, -0.15) is 0 Å². The molecule has 0 bridgehead atoms. The zero-order valence-electron chi connectivity index (χ0n) is 13.1. The Morgan fingerprint density at radius 3 is 2.50 bits per heavy atom. The summed E-state index contributed by atoms with van der Waals surface area (Å²) in [6.45, 7) is 1.75. The van der Waals surface area contributed by atoms with Crippen molar-refractivity contribution in [3.8, 4) is 0 Å². The lowest BCUT2D eigenvalue weighted by Crippen LogP contribution is -2.38. The number of hydrogen-bond donors (Lipinski definition) is 2. The van der Waals surface area contributed by atoms with Gasteiger partial charge in [-0.3, -0.25) is 4.79 Å². The van der Waals surface area contributed by atoms with E-state index in [0.29, 0.717) is 0 Å². The van der Waals surface area contributed by atoms with Crippen LogP contribution in [0.3, 0.4) is 0 Å². The molecule has 0 aliphatic carbocycles. The van der Waals surface area contributed by atoms with E-state index < -0.39 is 0 Å². The molecule has 2 aromatic rings. The summed E-state index contributed by atoms with van der Waals surface area (Å²) in [6.07, 6.45) is 0.953. The molecule has 2 aromatic carbocycles. The molecule has 2 atom stereocenters. The number of rotatable bonds is 5. The lowest BCUT2D eigenvalue weighted by Gasteiger charge is -2.19. The van der Waals surface area contributed by atoms with Crippen molar-refractivity contribution >= 4 is 30.1 Å². The Bertz CT molecular complexity index is 648. The van der Waals surface area contributed by atoms with Crippen LogP contribution in [-0.4, -0.2) is 25.0 Å². The molecule has 1 aliphatic heterocycles. The second-order valence-electron chi connectivity index (χ2n) is 5.56. The van der Waals surface area contributed by atoms with Gasteiger partial charge in [-0.25, -0.2) is 4.39 Å². The van der Waals surface area contributed by atoms with E-state index >= 15 is 0 Å². The highest BCUT2D eigenvalue weighted by Gasteiger charge is 2.25. The van der Waals surface area contributed by atoms with Gasteiger partial charge < -0.3 is 10.6 Å². The fourth-order valence-corrected chi connectivity index (χ4v) is 3.64. The minimum Gasteiger partial charge on any atom is -0.351 e. The highest BCUT2D eigenvalue weighted by atomic mass is 35.5. The van der Waals surface area contributed by atoms with Gasteiger partial charge in [0.15, 0.2) is 0 Å². The highest BCUT2D eigenvalue weighted by Crippen LogP contribution is 2.35. The van der Waals surface area contributed by atoms with E-state index in [1.807, 2.05) is 30.3 Å². The maximum atomic E-state index is 13.1. The monoisotopic (exact) mass is 366 g/mol. The number of nitrogens with one attached hydrogen (secondary N) is 2. The van der Waals surface area contributed by atoms with E-state index in [1.165, 1.54) is 23.9 Å². The molecule has 1 amide bonds. The van der Waals surface area contributed by atoms with Crippen LogP contribution in [0.15, 0.2) is 59.5 Å². The molecule has 0 spiro atoms. The third-order valence-corrected chi connectivity index (χ3v) is 5.08. The molecule has 0 aromatic heterocycles. The fraction of sp³-hybridized carbons (Fsp3) is 0.278. The van der Waals surface area contributed by atoms with Crippen LogP contribution in [-0.2, 0) is 4.79 Å². The van der Waals surface area contributed by atoms with Gasteiger partial charge in [-0.05, 0) is 42.8 Å². The van der Waals surface area contributed by atoms with Crippen molar-refractivity contribution in [1.82, 2.24) is 10.6 Å². The Labute approximate surface area is 151 Å². The zero-order chi connectivity index (χ0) is 16.1. The highest BCUT2D eigenvalue weighted by molar-refractivity contribution is 8.00. The van der Waals surface area contributed by atoms with Crippen molar-refractivity contribution in [1.29, 1.82) is 0 Å². The van der Waals surface area contributed by atoms with E-state index in [4.69, 9.17) is 0 Å². The smallest absolute Gasteiger partial charge is 0.238 e. The lowest BCUT2D eigenvalue weighted by atomic mass is 10.1. The summed E-state index contributed by atoms with van der Waals surface area (Å²) in [5.74, 6) is -0.272. The minimum atomic E-state index is -0.345. The standard InChI is InChI=1S/C18H19FN2OS.ClH/c19-14-6-8-16(9-7-14)23-17(13-4-2-1-3-5-13)18(22)21-15-10-11-20-12-15;/h1-9,15,17,20H,10-12H2,(H,21,22);1H. The average Bonchev–Trinajstić information content (AvgIpc) is 3.08. The van der Waals surface area contributed by atoms with E-state index in [1.54, 1.807) is 12.1 Å². The molecule has 3 nitrogen and oxygen atoms in total. The van der Waals surface area contributed by atoms with E-state index in [2.05, 4.69) is 10.6 Å². The minimum absolute atomic E-state index is 0. The van der Waals surface area contributed by atoms with Gasteiger partial charge >= 0.3 is 0 Å². The van der Waals surface area contributed by atoms with Crippen LogP contribution in [0.2, 0.25) is 0 Å². The number of thioether (sulfide) groups is 1. The van der Waals surface area contributed by atoms with Crippen molar-refractivity contribution in [3.63, 3.8) is 0 Å². The third kappa shape index (κ3) is 4.97. The largest absolute Gasteiger partial charge is 0.351 e. The number of carbonyl (C=O) groups excluding carboxylic acids is 1. The molecule has 24 heavy (non-hydrogen) atoms. The number of benzene rings is 2. The molecule has 1 fully saturated rings. The first-order valence-electron chi connectivity index (χ1n) is 7.70. The molecule has 1 aliphatic rings. The topological polar surface area (TPSA) is 41.1 Å². The molecule has 0 saturated carbocycles. The number of hydrogen-bond acceptors (Lipinski definition) is 3. The lowest BCUT2D eigenvalue weighted by molar-refractivity contribution is -0.121. The maximum Gasteiger partial charge on any atom is 0.238 e. The first-order valence-corrected chi connectivity index (χ1v) is 8.58. The Hall–Kier alpha value is -1.56. The molecular weight excluding hydrogens is 347 g/mol. The van der Waals surface area contributed by atoms with E-state index in [9.17, 15) is 9.18 Å². The first kappa shape index (κ1) is 18.8. The predicted octanol–water partition coefficient (Wildman–Crippen LogP) is 3.56. The van der Waals surface area contributed by atoms with E-state index in [0.717, 1.165) is 30.0 Å². The molecule has 2 unspecified atom stereocenters. The zero-order valence-corrected chi connectivity index (χ0v) is 14.7. The number of halogens is 2. The van der Waals surface area contributed by atoms with Crippen LogP contribution in [0.4, 0.5) is 4.39 Å². The summed E-state index contributed by atoms with van der Waals surface area (Å²) in [5.41, 5.74) is 0.949. The van der Waals surface area contributed by atoms with E-state index in [-0.39, 0.29) is 35.4 Å². The van der Waals surface area contributed by atoms with Gasteiger partial charge in [0.05, 0.1) is 0 Å². The second kappa shape index (κ2) is 9.06. The van der Waals surface area contributed by atoms with Crippen LogP contribution in [0.5, 0.6) is 0 Å².